The van der Waals surface area contributed by atoms with Crippen molar-refractivity contribution in [2.45, 2.75) is 36.8 Å². The Balaban J connectivity index is 1.80. The minimum absolute atomic E-state index is 0.0761. The van der Waals surface area contributed by atoms with E-state index in [-0.39, 0.29) is 16.1 Å². The molecule has 0 aromatic heterocycles. The lowest BCUT2D eigenvalue weighted by Gasteiger charge is -2.15. The second kappa shape index (κ2) is 7.11. The van der Waals surface area contributed by atoms with Crippen LogP contribution in [0.25, 0.3) is 11.1 Å². The summed E-state index contributed by atoms with van der Waals surface area (Å²) in [7, 11) is -2.76. The van der Waals surface area contributed by atoms with Crippen LogP contribution in [0.1, 0.15) is 42.4 Å². The van der Waals surface area contributed by atoms with E-state index in [2.05, 4.69) is 0 Å². The maximum atomic E-state index is 13.5. The lowest BCUT2D eigenvalue weighted by atomic mass is 9.95. The maximum absolute atomic E-state index is 13.5. The van der Waals surface area contributed by atoms with Crippen LogP contribution in [0, 0.1) is 5.41 Å². The largest absolute Gasteiger partial charge is 0.496 e. The van der Waals surface area contributed by atoms with Gasteiger partial charge in [-0.1, -0.05) is 18.2 Å². The van der Waals surface area contributed by atoms with E-state index in [0.29, 0.717) is 12.0 Å². The van der Waals surface area contributed by atoms with Gasteiger partial charge in [-0.05, 0) is 77.6 Å². The van der Waals surface area contributed by atoms with E-state index >= 15 is 0 Å². The fourth-order valence-corrected chi connectivity index (χ4v) is 4.83. The Morgan fingerprint density at radius 1 is 0.967 bits per heavy atom. The highest BCUT2D eigenvalue weighted by molar-refractivity contribution is 7.91. The van der Waals surface area contributed by atoms with E-state index in [4.69, 9.17) is 4.74 Å². The fourth-order valence-electron chi connectivity index (χ4n) is 4.15. The van der Waals surface area contributed by atoms with Crippen molar-refractivity contribution < 1.29 is 30.7 Å². The molecule has 1 saturated carbocycles. The smallest absolute Gasteiger partial charge is 0.419 e. The van der Waals surface area contributed by atoms with Gasteiger partial charge >= 0.3 is 6.18 Å². The highest BCUT2D eigenvalue weighted by Gasteiger charge is 2.48. The Hall–Kier alpha value is -2.35. The molecule has 0 heterocycles. The summed E-state index contributed by atoms with van der Waals surface area (Å²) in [4.78, 5) is -0.112. The van der Waals surface area contributed by atoms with Gasteiger partial charge in [0.05, 0.1) is 17.6 Å². The van der Waals surface area contributed by atoms with Crippen molar-refractivity contribution in [1.29, 1.82) is 0 Å². The average molecular weight is 440 g/mol. The van der Waals surface area contributed by atoms with Crippen molar-refractivity contribution in [1.82, 2.24) is 0 Å². The molecule has 1 spiro atoms. The van der Waals surface area contributed by atoms with Crippen LogP contribution < -0.4 is 4.74 Å². The lowest BCUT2D eigenvalue weighted by molar-refractivity contribution is -0.138. The van der Waals surface area contributed by atoms with Crippen molar-refractivity contribution in [2.75, 3.05) is 13.1 Å². The quantitative estimate of drug-likeness (QED) is 0.544. The first-order chi connectivity index (χ1) is 14.1. The van der Waals surface area contributed by atoms with Gasteiger partial charge in [0.15, 0.2) is 6.01 Å². The number of halogens is 4. The highest BCUT2D eigenvalue weighted by atomic mass is 32.2. The molecule has 0 aliphatic heterocycles. The number of hydrogen-bond donors (Lipinski definition) is 0. The van der Waals surface area contributed by atoms with Gasteiger partial charge in [-0.15, -0.1) is 0 Å². The second-order valence-corrected chi connectivity index (χ2v) is 9.89. The molecule has 30 heavy (non-hydrogen) atoms. The van der Waals surface area contributed by atoms with Gasteiger partial charge in [0.2, 0.25) is 9.84 Å². The SMILES string of the molecule is COc1ccc(C2=C(c3ccc(S(=O)(=O)CF)cc3)CC3(CC3)C2)cc1C(F)(F)F. The van der Waals surface area contributed by atoms with E-state index in [1.165, 1.54) is 25.3 Å². The fraction of sp³-hybridized carbons (Fsp3) is 0.364. The topological polar surface area (TPSA) is 43.4 Å². The molecular formula is C22H20F4O3S. The molecule has 1 fully saturated rings. The summed E-state index contributed by atoms with van der Waals surface area (Å²) in [6.07, 6.45) is -1.12. The third-order valence-corrected chi connectivity index (χ3v) is 7.26. The van der Waals surface area contributed by atoms with Gasteiger partial charge in [-0.2, -0.15) is 13.2 Å². The van der Waals surface area contributed by atoms with Crippen LogP contribution in [0.2, 0.25) is 0 Å². The summed E-state index contributed by atoms with van der Waals surface area (Å²) in [6.45, 7) is 0. The van der Waals surface area contributed by atoms with E-state index in [9.17, 15) is 26.0 Å². The van der Waals surface area contributed by atoms with Gasteiger partial charge in [0, 0.05) is 0 Å². The first-order valence-electron chi connectivity index (χ1n) is 9.45. The molecular weight excluding hydrogens is 420 g/mol. The van der Waals surface area contributed by atoms with Gasteiger partial charge in [-0.25, -0.2) is 12.8 Å². The third kappa shape index (κ3) is 3.73. The van der Waals surface area contributed by atoms with Crippen LogP contribution in [0.3, 0.4) is 0 Å². The third-order valence-electron chi connectivity index (χ3n) is 5.98. The minimum atomic E-state index is -4.54. The number of methoxy groups -OCH3 is 1. The monoisotopic (exact) mass is 440 g/mol. The molecule has 2 aliphatic carbocycles. The number of benzene rings is 2. The standard InChI is InChI=1S/C22H20F4O3S/c1-29-20-7-4-15(10-19(20)22(24,25)26)18-12-21(8-9-21)11-17(18)14-2-5-16(6-3-14)30(27,28)13-23/h2-7,10H,8-9,11-13H2,1H3. The summed E-state index contributed by atoms with van der Waals surface area (Å²) < 4.78 is 81.6. The lowest BCUT2D eigenvalue weighted by Crippen LogP contribution is -2.08. The Bertz CT molecular complexity index is 1110. The summed E-state index contributed by atoms with van der Waals surface area (Å²) in [5, 5.41) is 0. The zero-order valence-electron chi connectivity index (χ0n) is 16.2. The molecule has 3 nitrogen and oxygen atoms in total. The van der Waals surface area contributed by atoms with Gasteiger partial charge in [0.1, 0.15) is 5.75 Å². The number of hydrogen-bond acceptors (Lipinski definition) is 3. The molecule has 0 saturated heterocycles. The summed E-state index contributed by atoms with van der Waals surface area (Å²) in [5.41, 5.74) is 2.23. The molecule has 0 N–H and O–H groups in total. The highest BCUT2D eigenvalue weighted by Crippen LogP contribution is 2.63. The molecule has 2 aliphatic rings. The van der Waals surface area contributed by atoms with Gasteiger partial charge < -0.3 is 4.74 Å². The zero-order chi connectivity index (χ0) is 21.7. The first kappa shape index (κ1) is 20.9. The van der Waals surface area contributed by atoms with Gasteiger partial charge in [0.25, 0.3) is 0 Å². The van der Waals surface area contributed by atoms with Crippen LogP contribution in [0.15, 0.2) is 47.4 Å². The number of allylic oxidation sites excluding steroid dienone is 2. The van der Waals surface area contributed by atoms with Crippen LogP contribution in [0.4, 0.5) is 17.6 Å². The molecule has 4 rings (SSSR count). The number of alkyl halides is 4. The first-order valence-corrected chi connectivity index (χ1v) is 11.1. The summed E-state index contributed by atoms with van der Waals surface area (Å²) in [5.74, 6) is -0.228. The molecule has 0 atom stereocenters. The average Bonchev–Trinajstić information content (AvgIpc) is 3.37. The molecule has 160 valence electrons. The Morgan fingerprint density at radius 2 is 1.53 bits per heavy atom. The van der Waals surface area contributed by atoms with Gasteiger partial charge in [-0.3, -0.25) is 0 Å². The van der Waals surface area contributed by atoms with Crippen molar-refractivity contribution in [3.8, 4) is 5.75 Å². The van der Waals surface area contributed by atoms with Crippen LogP contribution in [0.5, 0.6) is 5.75 Å². The van der Waals surface area contributed by atoms with E-state index in [1.807, 2.05) is 0 Å². The Kier molecular flexibility index (Phi) is 4.96. The number of rotatable bonds is 5. The molecule has 8 heteroatoms. The van der Waals surface area contributed by atoms with E-state index in [0.717, 1.165) is 42.0 Å². The Labute approximate surface area is 172 Å². The van der Waals surface area contributed by atoms with Crippen molar-refractivity contribution in [2.24, 2.45) is 5.41 Å². The summed E-state index contributed by atoms with van der Waals surface area (Å²) in [6, 6.07) is 8.52. The second-order valence-electron chi connectivity index (χ2n) is 7.97. The number of ether oxygens (including phenoxy) is 1. The maximum Gasteiger partial charge on any atom is 0.419 e. The molecule has 0 radical (unpaired) electrons. The normalized spacial score (nSPS) is 18.2. The Morgan fingerprint density at radius 3 is 2.03 bits per heavy atom. The van der Waals surface area contributed by atoms with E-state index < -0.39 is 27.6 Å². The molecule has 0 bridgehead atoms. The minimum Gasteiger partial charge on any atom is -0.496 e. The van der Waals surface area contributed by atoms with Crippen molar-refractivity contribution >= 4 is 21.0 Å². The van der Waals surface area contributed by atoms with Crippen molar-refractivity contribution in [3.05, 3.63) is 59.2 Å². The zero-order valence-corrected chi connectivity index (χ0v) is 17.0. The molecule has 2 aromatic rings. The van der Waals surface area contributed by atoms with Crippen LogP contribution >= 0.6 is 0 Å². The number of sulfone groups is 1. The van der Waals surface area contributed by atoms with Crippen LogP contribution in [-0.4, -0.2) is 21.5 Å². The predicted octanol–water partition coefficient (Wildman–Crippen LogP) is 5.90. The van der Waals surface area contributed by atoms with E-state index in [1.54, 1.807) is 18.2 Å². The van der Waals surface area contributed by atoms with Crippen LogP contribution in [-0.2, 0) is 16.0 Å². The summed E-state index contributed by atoms with van der Waals surface area (Å²) >= 11 is 0. The molecule has 0 amide bonds. The van der Waals surface area contributed by atoms with Crippen molar-refractivity contribution in [3.63, 3.8) is 0 Å². The molecule has 0 unspecified atom stereocenters. The molecule has 2 aromatic carbocycles. The predicted molar refractivity (Wildman–Crippen MR) is 105 cm³/mol.